The highest BCUT2D eigenvalue weighted by atomic mass is 16.7. The molecule has 4 heterocycles. The molecule has 322 valence electrons. The highest BCUT2D eigenvalue weighted by Gasteiger charge is 2.53. The molecule has 2 amide bonds. The van der Waals surface area contributed by atoms with Gasteiger partial charge in [0.15, 0.2) is 12.1 Å². The van der Waals surface area contributed by atoms with Crippen molar-refractivity contribution in [3.05, 3.63) is 35.4 Å². The molecule has 0 radical (unpaired) electrons. The third kappa shape index (κ3) is 9.69. The van der Waals surface area contributed by atoms with Gasteiger partial charge in [-0.2, -0.15) is 0 Å². The number of ketones is 1. The van der Waals surface area contributed by atoms with Crippen LogP contribution in [0.3, 0.4) is 0 Å². The number of ether oxygens (including phenoxy) is 5. The maximum absolute atomic E-state index is 14.4. The monoisotopic (exact) mass is 814 g/mol. The fourth-order valence-corrected chi connectivity index (χ4v) is 8.95. The molecule has 5 rings (SSSR count). The molecular formula is C42H62N4O12. The molecule has 0 aliphatic carbocycles. The zero-order valence-corrected chi connectivity index (χ0v) is 35.4. The van der Waals surface area contributed by atoms with Crippen LogP contribution in [0.1, 0.15) is 90.6 Å². The summed E-state index contributed by atoms with van der Waals surface area (Å²) in [7, 11) is 3.72. The highest BCUT2D eigenvalue weighted by Crippen LogP contribution is 2.40. The van der Waals surface area contributed by atoms with E-state index in [1.165, 1.54) is 13.8 Å². The number of Topliss-reactive ketones (excluding diaryl/α,β-unsaturated/α-hetero) is 1. The molecule has 4 aliphatic rings. The Bertz CT molecular complexity index is 1730. The number of fused-ring (bicyclic) bond motifs is 4. The minimum Gasteiger partial charge on any atom is -0.459 e. The molecule has 1 aromatic carbocycles. The third-order valence-corrected chi connectivity index (χ3v) is 12.3. The van der Waals surface area contributed by atoms with E-state index in [-0.39, 0.29) is 50.3 Å². The Hall–Kier alpha value is -3.64. The number of hydrogen-bond acceptors (Lipinski definition) is 14. The number of nitrogens with two attached hydrogens (primary N) is 1. The molecule has 0 aromatic heterocycles. The predicted octanol–water partition coefficient (Wildman–Crippen LogP) is 2.63. The van der Waals surface area contributed by atoms with Crippen molar-refractivity contribution in [1.29, 1.82) is 0 Å². The molecule has 3 fully saturated rings. The van der Waals surface area contributed by atoms with Crippen molar-refractivity contribution in [2.75, 3.05) is 27.3 Å². The standard InChI is InChI=1S/C42H62N4O12/c1-11-31-42(8,52)36-23(4)32-21(2)18-41(7,35(24(5)33(47)25(6)39(51)56-31)57-40-34(48)29(46(9)10)16-22(3)55-40)54-20-28(19-53-36)45-58-30(38(50)44-32)17-26-12-14-27(15-13-26)37(43)49/h12-15,21-25,29-31,34-36,40,48,52H,11,16-20H2,1-10H3,(H2,43,49)/b44-32?,45-28-/t21-,22-,23+,24+,25-,29+,30?,31-,34-,35-,36-,40+,41-,42-/m1/s1. The number of rotatable bonds is 7. The van der Waals surface area contributed by atoms with Gasteiger partial charge in [0.05, 0.1) is 37.1 Å². The number of benzene rings is 1. The molecule has 58 heavy (non-hydrogen) atoms. The van der Waals surface area contributed by atoms with Crippen molar-refractivity contribution in [2.45, 2.75) is 141 Å². The summed E-state index contributed by atoms with van der Waals surface area (Å²) in [4.78, 5) is 66.9. The van der Waals surface area contributed by atoms with E-state index in [9.17, 15) is 29.4 Å². The van der Waals surface area contributed by atoms with E-state index in [2.05, 4.69) is 5.16 Å². The van der Waals surface area contributed by atoms with E-state index < -0.39 is 95.3 Å². The van der Waals surface area contributed by atoms with Gasteiger partial charge >= 0.3 is 5.97 Å². The fourth-order valence-electron chi connectivity index (χ4n) is 8.95. The Morgan fingerprint density at radius 2 is 1.71 bits per heavy atom. The first-order chi connectivity index (χ1) is 27.2. The van der Waals surface area contributed by atoms with Crippen LogP contribution in [0.5, 0.6) is 0 Å². The second-order valence-electron chi connectivity index (χ2n) is 17.2. The number of amides is 2. The highest BCUT2D eigenvalue weighted by molar-refractivity contribution is 6.01. The summed E-state index contributed by atoms with van der Waals surface area (Å²) in [5.74, 6) is -6.21. The number of oxime groups is 1. The maximum atomic E-state index is 14.4. The Morgan fingerprint density at radius 1 is 1.03 bits per heavy atom. The molecule has 4 bridgehead atoms. The topological polar surface area (TPSA) is 218 Å². The van der Waals surface area contributed by atoms with Crippen molar-refractivity contribution >= 4 is 35.0 Å². The summed E-state index contributed by atoms with van der Waals surface area (Å²) in [5, 5.41) is 28.4. The average molecular weight is 815 g/mol. The van der Waals surface area contributed by atoms with Gasteiger partial charge in [-0.1, -0.05) is 45.0 Å². The van der Waals surface area contributed by atoms with Crippen LogP contribution in [0, 0.1) is 23.7 Å². The van der Waals surface area contributed by atoms with Crippen LogP contribution in [0.2, 0.25) is 0 Å². The quantitative estimate of drug-likeness (QED) is 0.267. The molecule has 14 atom stereocenters. The summed E-state index contributed by atoms with van der Waals surface area (Å²) in [6, 6.07) is 6.14. The molecule has 1 aromatic rings. The lowest BCUT2D eigenvalue weighted by molar-refractivity contribution is -0.296. The number of carbonyl (C=O) groups excluding carboxylic acids is 4. The number of esters is 1. The first kappa shape index (κ1) is 45.4. The first-order valence-corrected chi connectivity index (χ1v) is 20.3. The second-order valence-corrected chi connectivity index (χ2v) is 17.2. The van der Waals surface area contributed by atoms with E-state index in [1.54, 1.807) is 52.0 Å². The normalized spacial score (nSPS) is 40.3. The van der Waals surface area contributed by atoms with Crippen LogP contribution in [-0.4, -0.2) is 138 Å². The smallest absolute Gasteiger partial charge is 0.316 e. The van der Waals surface area contributed by atoms with Crippen LogP contribution in [0.15, 0.2) is 34.4 Å². The zero-order valence-electron chi connectivity index (χ0n) is 35.4. The second kappa shape index (κ2) is 18.3. The van der Waals surface area contributed by atoms with Crippen LogP contribution in [-0.2, 0) is 49.3 Å². The van der Waals surface area contributed by atoms with Crippen molar-refractivity contribution in [3.63, 3.8) is 0 Å². The Balaban J connectivity index is 1.69. The van der Waals surface area contributed by atoms with E-state index in [4.69, 9.17) is 39.2 Å². The number of carbonyl (C=O) groups is 4. The number of aliphatic imine (C=N–C) groups is 1. The Labute approximate surface area is 340 Å². The van der Waals surface area contributed by atoms with Gasteiger partial charge < -0.3 is 49.4 Å². The van der Waals surface area contributed by atoms with Gasteiger partial charge in [-0.15, -0.1) is 0 Å². The van der Waals surface area contributed by atoms with Crippen LogP contribution < -0.4 is 5.73 Å². The van der Waals surface area contributed by atoms with Gasteiger partial charge in [-0.3, -0.25) is 19.2 Å². The van der Waals surface area contributed by atoms with Crippen molar-refractivity contribution in [3.8, 4) is 0 Å². The van der Waals surface area contributed by atoms with Gasteiger partial charge in [-0.05, 0) is 84.7 Å². The molecule has 0 spiro atoms. The predicted molar refractivity (Wildman–Crippen MR) is 212 cm³/mol. The summed E-state index contributed by atoms with van der Waals surface area (Å²) >= 11 is 0. The van der Waals surface area contributed by atoms with Crippen LogP contribution in [0.25, 0.3) is 0 Å². The summed E-state index contributed by atoms with van der Waals surface area (Å²) in [5.41, 5.74) is 3.71. The third-order valence-electron chi connectivity index (χ3n) is 12.3. The number of aliphatic hydroxyl groups excluding tert-OH is 1. The fraction of sp³-hybridized carbons (Fsp3) is 0.714. The Morgan fingerprint density at radius 3 is 2.33 bits per heavy atom. The van der Waals surface area contributed by atoms with Gasteiger partial charge in [0.25, 0.3) is 5.91 Å². The van der Waals surface area contributed by atoms with Crippen LogP contribution in [0.4, 0.5) is 0 Å². The number of likely N-dealkylation sites (N-methyl/N-ethyl adjacent to an activating group) is 1. The minimum atomic E-state index is -1.86. The SMILES string of the molecule is CC[C@H]1OC(=O)[C@H](C)C(=O)[C@H](C)[C@@H](O[C@@H]2O[C@H](C)C[C@H](N(C)C)[C@H]2O)[C@@]2(C)C[C@@H](C)C3=NC(=O)C(Cc4ccc(C(N)=O)cc4)O/N=C(/CO[C@H]([C@H]3C)[C@]1(C)O)CO2. The number of primary amides is 1. The first-order valence-electron chi connectivity index (χ1n) is 20.3. The summed E-state index contributed by atoms with van der Waals surface area (Å²) in [6.07, 6.45) is -6.30. The molecule has 4 aliphatic heterocycles. The van der Waals surface area contributed by atoms with Gasteiger partial charge in [0.2, 0.25) is 12.0 Å². The largest absolute Gasteiger partial charge is 0.459 e. The molecule has 16 nitrogen and oxygen atoms in total. The number of cyclic esters (lactones) is 1. The van der Waals surface area contributed by atoms with Crippen molar-refractivity contribution in [2.24, 2.45) is 39.6 Å². The molecular weight excluding hydrogens is 752 g/mol. The van der Waals surface area contributed by atoms with Crippen molar-refractivity contribution < 1.29 is 57.9 Å². The van der Waals surface area contributed by atoms with E-state index in [0.29, 0.717) is 23.3 Å². The molecule has 3 saturated heterocycles. The number of hydrogen-bond donors (Lipinski definition) is 3. The number of aliphatic hydroxyl groups is 2. The molecule has 4 N–H and O–H groups in total. The van der Waals surface area contributed by atoms with Crippen molar-refractivity contribution in [1.82, 2.24) is 4.90 Å². The van der Waals surface area contributed by atoms with E-state index in [1.807, 2.05) is 32.8 Å². The average Bonchev–Trinajstić information content (AvgIpc) is 3.20. The number of nitrogens with zero attached hydrogens (tertiary/aromatic N) is 3. The van der Waals surface area contributed by atoms with E-state index >= 15 is 0 Å². The lowest BCUT2D eigenvalue weighted by atomic mass is 9.73. The minimum absolute atomic E-state index is 0.0481. The molecule has 1 unspecified atom stereocenters. The van der Waals surface area contributed by atoms with Gasteiger partial charge in [0, 0.05) is 35.6 Å². The zero-order chi connectivity index (χ0) is 42.9. The lowest BCUT2D eigenvalue weighted by Gasteiger charge is -2.47. The Kier molecular flexibility index (Phi) is 14.4. The summed E-state index contributed by atoms with van der Waals surface area (Å²) < 4.78 is 32.3. The van der Waals surface area contributed by atoms with Gasteiger partial charge in [0.1, 0.15) is 29.4 Å². The summed E-state index contributed by atoms with van der Waals surface area (Å²) in [6.45, 7) is 13.2. The molecule has 16 heteroatoms. The maximum Gasteiger partial charge on any atom is 0.316 e. The molecule has 0 saturated carbocycles. The van der Waals surface area contributed by atoms with Gasteiger partial charge in [-0.25, -0.2) is 4.99 Å². The van der Waals surface area contributed by atoms with Crippen LogP contribution >= 0.6 is 0 Å². The lowest BCUT2D eigenvalue weighted by Crippen LogP contribution is -2.60. The van der Waals surface area contributed by atoms with E-state index in [0.717, 1.165) is 0 Å².